The number of aryl methyl sites for hydroxylation is 1. The van der Waals surface area contributed by atoms with Gasteiger partial charge in [0.2, 0.25) is 0 Å². The van der Waals surface area contributed by atoms with Crippen molar-refractivity contribution in [3.8, 4) is 0 Å². The highest BCUT2D eigenvalue weighted by Crippen LogP contribution is 2.25. The van der Waals surface area contributed by atoms with Gasteiger partial charge in [0.05, 0.1) is 21.8 Å². The van der Waals surface area contributed by atoms with Crippen molar-refractivity contribution in [1.29, 1.82) is 0 Å². The molecule has 1 unspecified atom stereocenters. The van der Waals surface area contributed by atoms with Crippen molar-refractivity contribution in [2.75, 3.05) is 0 Å². The molecule has 0 saturated carbocycles. The predicted molar refractivity (Wildman–Crippen MR) is 75.9 cm³/mol. The lowest BCUT2D eigenvalue weighted by atomic mass is 10.1. The molecule has 0 amide bonds. The lowest BCUT2D eigenvalue weighted by molar-refractivity contribution is 0.512. The number of hydrogen-bond donors (Lipinski definition) is 2. The van der Waals surface area contributed by atoms with Crippen LogP contribution in [0.5, 0.6) is 0 Å². The Morgan fingerprint density at radius 1 is 1.42 bits per heavy atom. The second kappa shape index (κ2) is 6.34. The van der Waals surface area contributed by atoms with Crippen LogP contribution in [0.4, 0.5) is 0 Å². The highest BCUT2D eigenvalue weighted by atomic mass is 35.5. The molecule has 2 rings (SSSR count). The van der Waals surface area contributed by atoms with Crippen molar-refractivity contribution in [2.24, 2.45) is 5.84 Å². The Labute approximate surface area is 121 Å². The molecule has 0 saturated heterocycles. The number of rotatable bonds is 5. The number of hydrogen-bond acceptors (Lipinski definition) is 4. The molecule has 0 bridgehead atoms. The van der Waals surface area contributed by atoms with Gasteiger partial charge in [0, 0.05) is 31.6 Å². The maximum absolute atomic E-state index is 6.15. The highest BCUT2D eigenvalue weighted by molar-refractivity contribution is 6.34. The Morgan fingerprint density at radius 3 is 2.84 bits per heavy atom. The van der Waals surface area contributed by atoms with Crippen LogP contribution in [0.15, 0.2) is 24.7 Å². The number of nitrogens with one attached hydrogen (secondary N) is 1. The van der Waals surface area contributed by atoms with Gasteiger partial charge in [0.1, 0.15) is 5.82 Å². The molecule has 2 aromatic rings. The summed E-state index contributed by atoms with van der Waals surface area (Å²) in [5.74, 6) is 6.53. The van der Waals surface area contributed by atoms with Gasteiger partial charge in [-0.3, -0.25) is 16.3 Å². The predicted octanol–water partition coefficient (Wildman–Crippen LogP) is 2.35. The van der Waals surface area contributed by atoms with E-state index in [0.29, 0.717) is 22.2 Å². The van der Waals surface area contributed by atoms with Crippen LogP contribution in [-0.4, -0.2) is 14.5 Å². The summed E-state index contributed by atoms with van der Waals surface area (Å²) in [4.78, 5) is 8.56. The Bertz CT molecular complexity index is 555. The molecule has 0 spiro atoms. The molecule has 2 aromatic heterocycles. The molecule has 5 nitrogen and oxygen atoms in total. The topological polar surface area (TPSA) is 68.8 Å². The fourth-order valence-electron chi connectivity index (χ4n) is 1.92. The number of hydrazine groups is 1. The van der Waals surface area contributed by atoms with Gasteiger partial charge < -0.3 is 4.57 Å². The minimum atomic E-state index is -0.211. The molecule has 19 heavy (non-hydrogen) atoms. The first-order chi connectivity index (χ1) is 9.15. The first-order valence-corrected chi connectivity index (χ1v) is 6.68. The molecule has 0 aliphatic carbocycles. The third-order valence-electron chi connectivity index (χ3n) is 2.90. The molecule has 102 valence electrons. The van der Waals surface area contributed by atoms with Gasteiger partial charge in [0.15, 0.2) is 0 Å². The van der Waals surface area contributed by atoms with Gasteiger partial charge in [0.25, 0.3) is 0 Å². The standard InChI is InChI=1S/C12H15Cl2N5/c1-2-19-4-3-16-11(19)6-10(18-15)12-9(14)5-8(13)7-17-12/h3-5,7,10,18H,2,6,15H2,1H3. The third-order valence-corrected chi connectivity index (χ3v) is 3.41. The zero-order valence-corrected chi connectivity index (χ0v) is 12.0. The number of pyridine rings is 1. The van der Waals surface area contributed by atoms with Gasteiger partial charge in [-0.25, -0.2) is 4.98 Å². The van der Waals surface area contributed by atoms with E-state index in [1.165, 1.54) is 0 Å². The summed E-state index contributed by atoms with van der Waals surface area (Å²) in [5, 5.41) is 0.990. The normalized spacial score (nSPS) is 12.6. The SMILES string of the molecule is CCn1ccnc1CC(NN)c1ncc(Cl)cc1Cl. The second-order valence-corrected chi connectivity index (χ2v) is 4.92. The molecule has 0 aromatic carbocycles. The van der Waals surface area contributed by atoms with E-state index in [-0.39, 0.29) is 6.04 Å². The van der Waals surface area contributed by atoms with Crippen LogP contribution >= 0.6 is 23.2 Å². The molecule has 2 heterocycles. The fourth-order valence-corrected chi connectivity index (χ4v) is 2.43. The summed E-state index contributed by atoms with van der Waals surface area (Å²) in [5.41, 5.74) is 3.39. The Kier molecular flexibility index (Phi) is 4.76. The van der Waals surface area contributed by atoms with Crippen LogP contribution in [0, 0.1) is 0 Å². The van der Waals surface area contributed by atoms with E-state index in [9.17, 15) is 0 Å². The average molecular weight is 300 g/mol. The first-order valence-electron chi connectivity index (χ1n) is 5.92. The summed E-state index contributed by atoms with van der Waals surface area (Å²) in [6.45, 7) is 2.91. The average Bonchev–Trinajstić information content (AvgIpc) is 2.84. The Balaban J connectivity index is 2.25. The van der Waals surface area contributed by atoms with Crippen LogP contribution in [0.2, 0.25) is 10.0 Å². The van der Waals surface area contributed by atoms with Gasteiger partial charge >= 0.3 is 0 Å². The van der Waals surface area contributed by atoms with Crippen LogP contribution in [0.3, 0.4) is 0 Å². The van der Waals surface area contributed by atoms with Gasteiger partial charge in [-0.15, -0.1) is 0 Å². The van der Waals surface area contributed by atoms with Crippen molar-refractivity contribution in [3.63, 3.8) is 0 Å². The van der Waals surface area contributed by atoms with E-state index in [0.717, 1.165) is 12.4 Å². The van der Waals surface area contributed by atoms with Crippen LogP contribution in [0.1, 0.15) is 24.5 Å². The van der Waals surface area contributed by atoms with E-state index in [2.05, 4.69) is 22.3 Å². The summed E-state index contributed by atoms with van der Waals surface area (Å²) >= 11 is 12.0. The van der Waals surface area contributed by atoms with Crippen molar-refractivity contribution >= 4 is 23.2 Å². The summed E-state index contributed by atoms with van der Waals surface area (Å²) in [6.07, 6.45) is 5.86. The largest absolute Gasteiger partial charge is 0.335 e. The molecule has 1 atom stereocenters. The second-order valence-electron chi connectivity index (χ2n) is 4.07. The summed E-state index contributed by atoms with van der Waals surface area (Å²) in [6, 6.07) is 1.44. The van der Waals surface area contributed by atoms with Crippen molar-refractivity contribution in [3.05, 3.63) is 46.2 Å². The van der Waals surface area contributed by atoms with Crippen LogP contribution < -0.4 is 11.3 Å². The minimum Gasteiger partial charge on any atom is -0.335 e. The quantitative estimate of drug-likeness (QED) is 0.657. The van der Waals surface area contributed by atoms with Crippen molar-refractivity contribution in [1.82, 2.24) is 20.0 Å². The van der Waals surface area contributed by atoms with E-state index < -0.39 is 0 Å². The third kappa shape index (κ3) is 3.25. The number of nitrogens with two attached hydrogens (primary N) is 1. The summed E-state index contributed by atoms with van der Waals surface area (Å²) < 4.78 is 2.05. The molecular weight excluding hydrogens is 285 g/mol. The lowest BCUT2D eigenvalue weighted by Crippen LogP contribution is -2.31. The molecular formula is C12H15Cl2N5. The van der Waals surface area contributed by atoms with Crippen molar-refractivity contribution < 1.29 is 0 Å². The van der Waals surface area contributed by atoms with Gasteiger partial charge in [-0.05, 0) is 13.0 Å². The summed E-state index contributed by atoms with van der Waals surface area (Å²) in [7, 11) is 0. The van der Waals surface area contributed by atoms with E-state index in [1.807, 2.05) is 10.8 Å². The van der Waals surface area contributed by atoms with Crippen LogP contribution in [-0.2, 0) is 13.0 Å². The van der Waals surface area contributed by atoms with Crippen LogP contribution in [0.25, 0.3) is 0 Å². The smallest absolute Gasteiger partial charge is 0.110 e. The maximum Gasteiger partial charge on any atom is 0.110 e. The number of halogens is 2. The molecule has 0 aliphatic rings. The molecule has 0 fully saturated rings. The van der Waals surface area contributed by atoms with E-state index >= 15 is 0 Å². The Morgan fingerprint density at radius 2 is 2.21 bits per heavy atom. The number of nitrogens with zero attached hydrogens (tertiary/aromatic N) is 3. The minimum absolute atomic E-state index is 0.211. The Hall–Kier alpha value is -1.14. The fraction of sp³-hybridized carbons (Fsp3) is 0.333. The zero-order chi connectivity index (χ0) is 13.8. The molecule has 0 radical (unpaired) electrons. The molecule has 0 aliphatic heterocycles. The number of aromatic nitrogens is 3. The highest BCUT2D eigenvalue weighted by Gasteiger charge is 2.18. The molecule has 7 heteroatoms. The van der Waals surface area contributed by atoms with E-state index in [1.54, 1.807) is 18.5 Å². The van der Waals surface area contributed by atoms with Gasteiger partial charge in [-0.1, -0.05) is 23.2 Å². The van der Waals surface area contributed by atoms with Gasteiger partial charge in [-0.2, -0.15) is 0 Å². The maximum atomic E-state index is 6.15. The lowest BCUT2D eigenvalue weighted by Gasteiger charge is -2.17. The first kappa shape index (κ1) is 14.3. The molecule has 3 N–H and O–H groups in total. The zero-order valence-electron chi connectivity index (χ0n) is 10.5. The number of imidazole rings is 1. The monoisotopic (exact) mass is 299 g/mol. The van der Waals surface area contributed by atoms with E-state index in [4.69, 9.17) is 29.0 Å². The van der Waals surface area contributed by atoms with Crippen molar-refractivity contribution in [2.45, 2.75) is 25.9 Å².